The molecule has 0 unspecified atom stereocenters. The highest BCUT2D eigenvalue weighted by Gasteiger charge is 2.29. The maximum absolute atomic E-state index is 12.4. The molecule has 1 heterocycles. The molecule has 1 fully saturated rings. The van der Waals surface area contributed by atoms with Crippen LogP contribution in [0.1, 0.15) is 25.7 Å². The number of benzene rings is 1. The van der Waals surface area contributed by atoms with Crippen molar-refractivity contribution in [3.8, 4) is 0 Å². The zero-order valence-corrected chi connectivity index (χ0v) is 12.9. The normalized spacial score (nSPS) is 22.3. The number of hydrogen-bond acceptors (Lipinski definition) is 5. The van der Waals surface area contributed by atoms with Crippen molar-refractivity contribution in [3.05, 3.63) is 28.7 Å². The van der Waals surface area contributed by atoms with Crippen molar-refractivity contribution in [1.29, 1.82) is 0 Å². The van der Waals surface area contributed by atoms with Gasteiger partial charge >= 0.3 is 11.7 Å². The monoisotopic (exact) mass is 340 g/mol. The van der Waals surface area contributed by atoms with Crippen LogP contribution in [0.4, 0.5) is 0 Å². The molecule has 1 aliphatic rings. The third kappa shape index (κ3) is 3.30. The molecule has 0 saturated heterocycles. The number of oxazole rings is 1. The number of sulfonamides is 1. The van der Waals surface area contributed by atoms with Crippen LogP contribution >= 0.6 is 0 Å². The minimum Gasteiger partial charge on any atom is -0.481 e. The number of carboxylic acid groups (broad SMARTS) is 1. The number of H-pyrrole nitrogens is 1. The Bertz CT molecular complexity index is 889. The number of nitrogens with one attached hydrogen (secondary N) is 2. The van der Waals surface area contributed by atoms with Gasteiger partial charge in [0.15, 0.2) is 5.58 Å². The van der Waals surface area contributed by atoms with E-state index in [1.54, 1.807) is 0 Å². The highest BCUT2D eigenvalue weighted by molar-refractivity contribution is 7.89. The third-order valence-electron chi connectivity index (χ3n) is 4.10. The second-order valence-electron chi connectivity index (χ2n) is 5.68. The minimum atomic E-state index is -3.75. The Morgan fingerprint density at radius 2 is 1.96 bits per heavy atom. The fourth-order valence-electron chi connectivity index (χ4n) is 2.84. The molecule has 1 aromatic heterocycles. The van der Waals surface area contributed by atoms with Gasteiger partial charge in [-0.3, -0.25) is 9.78 Å². The molecular formula is C14H16N2O6S. The van der Waals surface area contributed by atoms with E-state index in [1.165, 1.54) is 18.2 Å². The summed E-state index contributed by atoms with van der Waals surface area (Å²) < 4.78 is 32.3. The van der Waals surface area contributed by atoms with Gasteiger partial charge < -0.3 is 9.52 Å². The molecule has 3 rings (SSSR count). The summed E-state index contributed by atoms with van der Waals surface area (Å²) >= 11 is 0. The summed E-state index contributed by atoms with van der Waals surface area (Å²) in [6.07, 6.45) is 1.87. The van der Waals surface area contributed by atoms with Crippen LogP contribution in [0, 0.1) is 5.92 Å². The summed E-state index contributed by atoms with van der Waals surface area (Å²) in [4.78, 5) is 24.5. The van der Waals surface area contributed by atoms with E-state index in [1.807, 2.05) is 0 Å². The van der Waals surface area contributed by atoms with E-state index in [0.29, 0.717) is 31.2 Å². The number of carbonyl (C=O) groups is 1. The summed E-state index contributed by atoms with van der Waals surface area (Å²) in [5.41, 5.74) is 0.600. The molecule has 124 valence electrons. The predicted molar refractivity (Wildman–Crippen MR) is 80.5 cm³/mol. The lowest BCUT2D eigenvalue weighted by molar-refractivity contribution is -0.142. The van der Waals surface area contributed by atoms with E-state index in [9.17, 15) is 18.0 Å². The standard InChI is InChI=1S/C14H16N2O6S/c17-13(18)8-1-3-9(4-2-8)16-23(20,21)10-5-6-11-12(7-10)22-14(19)15-11/h5-9,16H,1-4H2,(H,15,19)(H,17,18). The van der Waals surface area contributed by atoms with Crippen molar-refractivity contribution in [2.75, 3.05) is 0 Å². The topological polar surface area (TPSA) is 129 Å². The first-order chi connectivity index (χ1) is 10.8. The van der Waals surface area contributed by atoms with Crippen molar-refractivity contribution in [2.45, 2.75) is 36.6 Å². The first-order valence-corrected chi connectivity index (χ1v) is 8.71. The van der Waals surface area contributed by atoms with E-state index in [0.717, 1.165) is 0 Å². The van der Waals surface area contributed by atoms with Crippen LogP contribution in [-0.2, 0) is 14.8 Å². The van der Waals surface area contributed by atoms with Crippen molar-refractivity contribution in [3.63, 3.8) is 0 Å². The van der Waals surface area contributed by atoms with E-state index in [2.05, 4.69) is 9.71 Å². The van der Waals surface area contributed by atoms with Gasteiger partial charge in [0.25, 0.3) is 0 Å². The molecule has 1 aliphatic carbocycles. The average Bonchev–Trinajstić information content (AvgIpc) is 2.86. The SMILES string of the molecule is O=C(O)C1CCC(NS(=O)(=O)c2ccc3[nH]c(=O)oc3c2)CC1. The van der Waals surface area contributed by atoms with Gasteiger partial charge in [0.1, 0.15) is 0 Å². The van der Waals surface area contributed by atoms with E-state index < -0.39 is 27.7 Å². The van der Waals surface area contributed by atoms with Gasteiger partial charge in [-0.25, -0.2) is 17.9 Å². The lowest BCUT2D eigenvalue weighted by Gasteiger charge is -2.26. The predicted octanol–water partition coefficient (Wildman–Crippen LogP) is 1.04. The Balaban J connectivity index is 1.75. The Morgan fingerprint density at radius 1 is 1.26 bits per heavy atom. The van der Waals surface area contributed by atoms with Crippen molar-refractivity contribution >= 4 is 27.1 Å². The summed E-state index contributed by atoms with van der Waals surface area (Å²) in [6, 6.07) is 3.86. The number of hydrogen-bond donors (Lipinski definition) is 3. The molecular weight excluding hydrogens is 324 g/mol. The Morgan fingerprint density at radius 3 is 2.61 bits per heavy atom. The van der Waals surface area contributed by atoms with Crippen LogP contribution < -0.4 is 10.5 Å². The molecule has 1 aromatic carbocycles. The molecule has 23 heavy (non-hydrogen) atoms. The molecule has 2 aromatic rings. The van der Waals surface area contributed by atoms with Crippen LogP contribution in [0.2, 0.25) is 0 Å². The van der Waals surface area contributed by atoms with E-state index in [-0.39, 0.29) is 16.5 Å². The fourth-order valence-corrected chi connectivity index (χ4v) is 4.16. The number of aliphatic carboxylic acids is 1. The second kappa shape index (κ2) is 5.82. The van der Waals surface area contributed by atoms with Crippen LogP contribution in [-0.4, -0.2) is 30.5 Å². The fraction of sp³-hybridized carbons (Fsp3) is 0.429. The van der Waals surface area contributed by atoms with E-state index in [4.69, 9.17) is 9.52 Å². The zero-order valence-electron chi connectivity index (χ0n) is 12.1. The molecule has 0 bridgehead atoms. The molecule has 9 heteroatoms. The molecule has 0 aliphatic heterocycles. The molecule has 0 radical (unpaired) electrons. The van der Waals surface area contributed by atoms with Crippen molar-refractivity contribution in [2.24, 2.45) is 5.92 Å². The summed E-state index contributed by atoms with van der Waals surface area (Å²) in [7, 11) is -3.75. The first kappa shape index (κ1) is 15.8. The number of fused-ring (bicyclic) bond motifs is 1. The largest absolute Gasteiger partial charge is 0.481 e. The molecule has 0 atom stereocenters. The molecule has 0 spiro atoms. The van der Waals surface area contributed by atoms with Gasteiger partial charge in [0, 0.05) is 12.1 Å². The first-order valence-electron chi connectivity index (χ1n) is 7.23. The van der Waals surface area contributed by atoms with Crippen molar-refractivity contribution < 1.29 is 22.7 Å². The van der Waals surface area contributed by atoms with Crippen LogP contribution in [0.5, 0.6) is 0 Å². The van der Waals surface area contributed by atoms with Gasteiger partial charge in [-0.1, -0.05) is 0 Å². The molecule has 0 amide bonds. The van der Waals surface area contributed by atoms with Crippen LogP contribution in [0.15, 0.2) is 32.3 Å². The quantitative estimate of drug-likeness (QED) is 0.762. The minimum absolute atomic E-state index is 0.00751. The summed E-state index contributed by atoms with van der Waals surface area (Å²) in [5, 5.41) is 8.96. The number of aromatic amines is 1. The number of aromatic nitrogens is 1. The maximum Gasteiger partial charge on any atom is 0.417 e. The van der Waals surface area contributed by atoms with Crippen LogP contribution in [0.25, 0.3) is 11.1 Å². The van der Waals surface area contributed by atoms with Crippen LogP contribution in [0.3, 0.4) is 0 Å². The smallest absolute Gasteiger partial charge is 0.417 e. The molecule has 1 saturated carbocycles. The third-order valence-corrected chi connectivity index (χ3v) is 5.62. The number of carboxylic acids is 1. The Labute approximate surface area is 131 Å². The van der Waals surface area contributed by atoms with E-state index >= 15 is 0 Å². The Kier molecular flexibility index (Phi) is 3.99. The Hall–Kier alpha value is -2.13. The van der Waals surface area contributed by atoms with Crippen molar-refractivity contribution in [1.82, 2.24) is 9.71 Å². The van der Waals surface area contributed by atoms with Gasteiger partial charge in [-0.2, -0.15) is 0 Å². The molecule has 3 N–H and O–H groups in total. The maximum atomic E-state index is 12.4. The average molecular weight is 340 g/mol. The van der Waals surface area contributed by atoms with Gasteiger partial charge in [-0.15, -0.1) is 0 Å². The zero-order chi connectivity index (χ0) is 16.6. The lowest BCUT2D eigenvalue weighted by atomic mass is 9.87. The summed E-state index contributed by atoms with van der Waals surface area (Å²) in [6.45, 7) is 0. The van der Waals surface area contributed by atoms with Gasteiger partial charge in [0.2, 0.25) is 10.0 Å². The molecule has 8 nitrogen and oxygen atoms in total. The highest BCUT2D eigenvalue weighted by atomic mass is 32.2. The van der Waals surface area contributed by atoms with Gasteiger partial charge in [0.05, 0.1) is 16.3 Å². The highest BCUT2D eigenvalue weighted by Crippen LogP contribution is 2.26. The number of rotatable bonds is 4. The lowest BCUT2D eigenvalue weighted by Crippen LogP contribution is -2.38. The summed E-state index contributed by atoms with van der Waals surface area (Å²) in [5.74, 6) is -1.88. The second-order valence-corrected chi connectivity index (χ2v) is 7.39. The van der Waals surface area contributed by atoms with Gasteiger partial charge in [-0.05, 0) is 37.8 Å².